The number of methoxy groups -OCH3 is 2. The van der Waals surface area contributed by atoms with Crippen LogP contribution in [0.3, 0.4) is 0 Å². The van der Waals surface area contributed by atoms with Crippen molar-refractivity contribution in [3.05, 3.63) is 59.2 Å². The molecule has 31 heavy (non-hydrogen) atoms. The summed E-state index contributed by atoms with van der Waals surface area (Å²) in [4.78, 5) is 27.7. The number of anilines is 1. The average Bonchev–Trinajstić information content (AvgIpc) is 3.01. The predicted octanol–water partition coefficient (Wildman–Crippen LogP) is 4.92. The molecule has 1 heterocycles. The molecular formula is C24H29NO5S. The fourth-order valence-corrected chi connectivity index (χ4v) is 4.82. The van der Waals surface area contributed by atoms with Crippen LogP contribution in [-0.4, -0.2) is 39.2 Å². The van der Waals surface area contributed by atoms with Gasteiger partial charge in [-0.15, -0.1) is 11.8 Å². The number of carbonyl (C=O) groups is 2. The van der Waals surface area contributed by atoms with Crippen molar-refractivity contribution in [2.75, 3.05) is 32.3 Å². The Balaban J connectivity index is 1.85. The second-order valence-electron chi connectivity index (χ2n) is 7.26. The molecule has 0 bridgehead atoms. The van der Waals surface area contributed by atoms with E-state index in [-0.39, 0.29) is 17.1 Å². The zero-order valence-electron chi connectivity index (χ0n) is 18.6. The Morgan fingerprint density at radius 2 is 1.77 bits per heavy atom. The molecule has 6 nitrogen and oxygen atoms in total. The van der Waals surface area contributed by atoms with E-state index >= 15 is 0 Å². The number of rotatable bonds is 9. The zero-order chi connectivity index (χ0) is 22.6. The summed E-state index contributed by atoms with van der Waals surface area (Å²) in [6, 6.07) is 13.4. The van der Waals surface area contributed by atoms with Gasteiger partial charge in [-0.25, -0.2) is 4.79 Å². The molecule has 3 rings (SSSR count). The normalized spacial score (nSPS) is 15.6. The van der Waals surface area contributed by atoms with Gasteiger partial charge in [0.25, 0.3) is 11.7 Å². The summed E-state index contributed by atoms with van der Waals surface area (Å²) in [5.41, 5.74) is 3.18. The monoisotopic (exact) mass is 443 g/mol. The lowest BCUT2D eigenvalue weighted by molar-refractivity contribution is -0.209. The number of benzene rings is 2. The SMILES string of the molecule is CCCN1C(=O)C(OC)(OC)c2cc(SC(C)c3ccc(C(=O)OCC)cc3)ccc21. The molecule has 0 fully saturated rings. The maximum Gasteiger partial charge on any atom is 0.338 e. The van der Waals surface area contributed by atoms with E-state index < -0.39 is 5.79 Å². The number of hydrogen-bond acceptors (Lipinski definition) is 6. The van der Waals surface area contributed by atoms with E-state index in [0.29, 0.717) is 18.7 Å². The van der Waals surface area contributed by atoms with Gasteiger partial charge >= 0.3 is 5.97 Å². The second-order valence-corrected chi connectivity index (χ2v) is 8.68. The molecule has 2 aromatic carbocycles. The van der Waals surface area contributed by atoms with E-state index in [4.69, 9.17) is 14.2 Å². The molecule has 0 saturated carbocycles. The highest BCUT2D eigenvalue weighted by molar-refractivity contribution is 7.99. The zero-order valence-corrected chi connectivity index (χ0v) is 19.5. The van der Waals surface area contributed by atoms with Gasteiger partial charge in [-0.2, -0.15) is 0 Å². The number of amides is 1. The van der Waals surface area contributed by atoms with E-state index in [1.807, 2.05) is 37.3 Å². The van der Waals surface area contributed by atoms with Crippen molar-refractivity contribution in [2.24, 2.45) is 0 Å². The minimum absolute atomic E-state index is 0.137. The number of carbonyl (C=O) groups excluding carboxylic acids is 2. The molecule has 2 aromatic rings. The quantitative estimate of drug-likeness (QED) is 0.311. The van der Waals surface area contributed by atoms with Gasteiger partial charge in [0, 0.05) is 36.5 Å². The van der Waals surface area contributed by atoms with Crippen LogP contribution in [0.1, 0.15) is 53.9 Å². The fourth-order valence-electron chi connectivity index (χ4n) is 3.79. The number of ether oxygens (including phenoxy) is 3. The highest BCUT2D eigenvalue weighted by Crippen LogP contribution is 2.46. The van der Waals surface area contributed by atoms with Crippen LogP contribution in [0.4, 0.5) is 5.69 Å². The van der Waals surface area contributed by atoms with Crippen LogP contribution in [0.2, 0.25) is 0 Å². The molecule has 7 heteroatoms. The number of thioether (sulfide) groups is 1. The highest BCUT2D eigenvalue weighted by Gasteiger charge is 2.52. The lowest BCUT2D eigenvalue weighted by atomic mass is 10.1. The maximum absolute atomic E-state index is 13.1. The molecular weight excluding hydrogens is 414 g/mol. The summed E-state index contributed by atoms with van der Waals surface area (Å²) < 4.78 is 16.2. The van der Waals surface area contributed by atoms with E-state index in [0.717, 1.165) is 28.1 Å². The Kier molecular flexibility index (Phi) is 7.41. The number of hydrogen-bond donors (Lipinski definition) is 0. The molecule has 166 valence electrons. The van der Waals surface area contributed by atoms with Gasteiger partial charge in [0.15, 0.2) is 0 Å². The van der Waals surface area contributed by atoms with Crippen molar-refractivity contribution in [1.29, 1.82) is 0 Å². The van der Waals surface area contributed by atoms with Crippen LogP contribution in [-0.2, 0) is 24.8 Å². The third-order valence-electron chi connectivity index (χ3n) is 5.37. The Labute approximate surface area is 187 Å². The number of fused-ring (bicyclic) bond motifs is 1. The predicted molar refractivity (Wildman–Crippen MR) is 121 cm³/mol. The molecule has 1 atom stereocenters. The smallest absolute Gasteiger partial charge is 0.338 e. The minimum Gasteiger partial charge on any atom is -0.462 e. The highest BCUT2D eigenvalue weighted by atomic mass is 32.2. The van der Waals surface area contributed by atoms with Gasteiger partial charge in [0.2, 0.25) is 0 Å². The molecule has 1 amide bonds. The molecule has 0 spiro atoms. The summed E-state index contributed by atoms with van der Waals surface area (Å²) >= 11 is 1.67. The molecule has 0 saturated heterocycles. The first kappa shape index (κ1) is 23.3. The van der Waals surface area contributed by atoms with Gasteiger partial charge in [0.05, 0.1) is 17.9 Å². The van der Waals surface area contributed by atoms with E-state index in [2.05, 4.69) is 6.92 Å². The van der Waals surface area contributed by atoms with Gasteiger partial charge in [-0.1, -0.05) is 19.1 Å². The molecule has 1 aliphatic heterocycles. The van der Waals surface area contributed by atoms with E-state index in [1.165, 1.54) is 14.2 Å². The van der Waals surface area contributed by atoms with Gasteiger partial charge in [-0.3, -0.25) is 4.79 Å². The third-order valence-corrected chi connectivity index (χ3v) is 6.52. The summed E-state index contributed by atoms with van der Waals surface area (Å²) in [5.74, 6) is -1.92. The molecule has 0 N–H and O–H groups in total. The first-order chi connectivity index (χ1) is 14.9. The fraction of sp³-hybridized carbons (Fsp3) is 0.417. The number of esters is 1. The van der Waals surface area contributed by atoms with Gasteiger partial charge in [-0.05, 0) is 56.2 Å². The van der Waals surface area contributed by atoms with Gasteiger partial charge < -0.3 is 19.1 Å². The lowest BCUT2D eigenvalue weighted by Crippen LogP contribution is -2.43. The first-order valence-corrected chi connectivity index (χ1v) is 11.3. The first-order valence-electron chi connectivity index (χ1n) is 10.4. The Morgan fingerprint density at radius 1 is 1.10 bits per heavy atom. The Morgan fingerprint density at radius 3 is 2.35 bits per heavy atom. The van der Waals surface area contributed by atoms with Crippen LogP contribution in [0, 0.1) is 0 Å². The maximum atomic E-state index is 13.1. The third kappa shape index (κ3) is 4.35. The molecule has 1 aliphatic rings. The minimum atomic E-state index is -1.41. The van der Waals surface area contributed by atoms with Crippen molar-refractivity contribution in [1.82, 2.24) is 0 Å². The Bertz CT molecular complexity index is 939. The summed E-state index contributed by atoms with van der Waals surface area (Å²) in [6.45, 7) is 6.89. The van der Waals surface area contributed by atoms with Crippen molar-refractivity contribution < 1.29 is 23.8 Å². The van der Waals surface area contributed by atoms with Crippen LogP contribution >= 0.6 is 11.8 Å². The molecule has 1 unspecified atom stereocenters. The molecule has 0 aliphatic carbocycles. The second kappa shape index (κ2) is 9.85. The Hall–Kier alpha value is -2.35. The summed E-state index contributed by atoms with van der Waals surface area (Å²) in [7, 11) is 2.99. The van der Waals surface area contributed by atoms with Gasteiger partial charge in [0.1, 0.15) is 0 Å². The topological polar surface area (TPSA) is 65.1 Å². The van der Waals surface area contributed by atoms with E-state index in [1.54, 1.807) is 35.7 Å². The van der Waals surface area contributed by atoms with Crippen molar-refractivity contribution in [3.63, 3.8) is 0 Å². The summed E-state index contributed by atoms with van der Waals surface area (Å²) in [6.07, 6.45) is 0.837. The molecule has 0 radical (unpaired) electrons. The van der Waals surface area contributed by atoms with Crippen molar-refractivity contribution in [3.8, 4) is 0 Å². The van der Waals surface area contributed by atoms with Crippen molar-refractivity contribution in [2.45, 2.75) is 43.1 Å². The lowest BCUT2D eigenvalue weighted by Gasteiger charge is -2.25. The average molecular weight is 444 g/mol. The van der Waals surface area contributed by atoms with Crippen LogP contribution in [0.5, 0.6) is 0 Å². The van der Waals surface area contributed by atoms with Crippen molar-refractivity contribution >= 4 is 29.3 Å². The standard InChI is InChI=1S/C24H29NO5S/c1-6-14-25-21-13-12-19(15-20(21)24(28-4,29-5)23(25)27)31-16(3)17-8-10-18(11-9-17)22(26)30-7-2/h8-13,15-16H,6-7,14H2,1-5H3. The summed E-state index contributed by atoms with van der Waals surface area (Å²) in [5, 5.41) is 0.137. The van der Waals surface area contributed by atoms with Crippen LogP contribution < -0.4 is 4.90 Å². The van der Waals surface area contributed by atoms with Crippen LogP contribution in [0.15, 0.2) is 47.4 Å². The molecule has 0 aromatic heterocycles. The van der Waals surface area contributed by atoms with Crippen LogP contribution in [0.25, 0.3) is 0 Å². The number of nitrogens with zero attached hydrogens (tertiary/aromatic N) is 1. The largest absolute Gasteiger partial charge is 0.462 e. The van der Waals surface area contributed by atoms with E-state index in [9.17, 15) is 9.59 Å².